The molecule has 2 fully saturated rings. The smallest absolute Gasteiger partial charge is 0.227 e. The van der Waals surface area contributed by atoms with Gasteiger partial charge in [0.25, 0.3) is 0 Å². The first kappa shape index (κ1) is 13.8. The maximum Gasteiger partial charge on any atom is 0.227 e. The molecule has 1 amide bonds. The molecule has 1 unspecified atom stereocenters. The molecule has 2 saturated heterocycles. The van der Waals surface area contributed by atoms with Gasteiger partial charge >= 0.3 is 0 Å². The third kappa shape index (κ3) is 2.53. The standard InChI is InChI=1S/C16H18N4OS/c21-15-6-16(11-20(15)13-7-17-12-18-8-13)3-4-19(10-16)9-14-2-1-5-22-14/h1-2,5,7-8,12H,3-4,6,9-11H2. The number of hydrogen-bond acceptors (Lipinski definition) is 5. The molecule has 6 heteroatoms. The van der Waals surface area contributed by atoms with Gasteiger partial charge in [-0.05, 0) is 24.4 Å². The lowest BCUT2D eigenvalue weighted by atomic mass is 9.86. The van der Waals surface area contributed by atoms with Gasteiger partial charge in [-0.1, -0.05) is 6.07 Å². The number of rotatable bonds is 3. The summed E-state index contributed by atoms with van der Waals surface area (Å²) < 4.78 is 0. The molecule has 2 aliphatic heterocycles. The highest BCUT2D eigenvalue weighted by atomic mass is 32.1. The Hall–Kier alpha value is -1.79. The Bertz CT molecular complexity index is 660. The predicted octanol–water partition coefficient (Wildman–Crippen LogP) is 2.17. The van der Waals surface area contributed by atoms with Crippen LogP contribution in [0.15, 0.2) is 36.2 Å². The van der Waals surface area contributed by atoms with Crippen molar-refractivity contribution in [2.24, 2.45) is 5.41 Å². The Morgan fingerprint density at radius 3 is 2.91 bits per heavy atom. The van der Waals surface area contributed by atoms with Crippen LogP contribution < -0.4 is 4.90 Å². The fourth-order valence-corrected chi connectivity index (χ4v) is 4.37. The minimum atomic E-state index is 0.101. The summed E-state index contributed by atoms with van der Waals surface area (Å²) in [6.07, 6.45) is 6.68. The largest absolute Gasteiger partial charge is 0.309 e. The van der Waals surface area contributed by atoms with Crippen LogP contribution in [0.1, 0.15) is 17.7 Å². The van der Waals surface area contributed by atoms with E-state index in [0.29, 0.717) is 6.42 Å². The Morgan fingerprint density at radius 1 is 1.27 bits per heavy atom. The lowest BCUT2D eigenvalue weighted by molar-refractivity contribution is -0.117. The van der Waals surface area contributed by atoms with Crippen molar-refractivity contribution in [3.63, 3.8) is 0 Å². The van der Waals surface area contributed by atoms with Crippen LogP contribution in [-0.2, 0) is 11.3 Å². The van der Waals surface area contributed by atoms with Crippen LogP contribution in [0.3, 0.4) is 0 Å². The molecule has 4 rings (SSSR count). The molecule has 4 heterocycles. The van der Waals surface area contributed by atoms with E-state index < -0.39 is 0 Å². The van der Waals surface area contributed by atoms with Gasteiger partial charge in [-0.3, -0.25) is 9.69 Å². The summed E-state index contributed by atoms with van der Waals surface area (Å²) in [6, 6.07) is 4.28. The van der Waals surface area contributed by atoms with Crippen molar-refractivity contribution in [2.75, 3.05) is 24.5 Å². The quantitative estimate of drug-likeness (QED) is 0.871. The Morgan fingerprint density at radius 2 is 2.14 bits per heavy atom. The molecule has 1 atom stereocenters. The zero-order valence-electron chi connectivity index (χ0n) is 12.3. The van der Waals surface area contributed by atoms with Crippen LogP contribution in [0.4, 0.5) is 5.69 Å². The van der Waals surface area contributed by atoms with Gasteiger partial charge in [0.2, 0.25) is 5.91 Å². The second kappa shape index (κ2) is 5.44. The first-order valence-electron chi connectivity index (χ1n) is 7.54. The van der Waals surface area contributed by atoms with E-state index in [9.17, 15) is 4.79 Å². The SMILES string of the molecule is O=C1CC2(CCN(Cc3cccs3)C2)CN1c1cncnc1. The third-order valence-corrected chi connectivity index (χ3v) is 5.52. The molecule has 2 aliphatic rings. The molecule has 0 radical (unpaired) electrons. The van der Waals surface area contributed by atoms with E-state index in [4.69, 9.17) is 0 Å². The van der Waals surface area contributed by atoms with Gasteiger partial charge in [-0.15, -0.1) is 11.3 Å². The van der Waals surface area contributed by atoms with Gasteiger partial charge < -0.3 is 4.90 Å². The maximum absolute atomic E-state index is 12.4. The molecule has 5 nitrogen and oxygen atoms in total. The van der Waals surface area contributed by atoms with E-state index in [-0.39, 0.29) is 11.3 Å². The van der Waals surface area contributed by atoms with E-state index in [1.54, 1.807) is 23.7 Å². The molecule has 0 aromatic carbocycles. The van der Waals surface area contributed by atoms with Crippen molar-refractivity contribution in [2.45, 2.75) is 19.4 Å². The lowest BCUT2D eigenvalue weighted by Crippen LogP contribution is -2.31. The first-order chi connectivity index (χ1) is 10.7. The first-order valence-corrected chi connectivity index (χ1v) is 8.42. The van der Waals surface area contributed by atoms with Crippen LogP contribution in [0.25, 0.3) is 0 Å². The van der Waals surface area contributed by atoms with Crippen molar-refractivity contribution < 1.29 is 4.79 Å². The lowest BCUT2D eigenvalue weighted by Gasteiger charge is -2.23. The van der Waals surface area contributed by atoms with Crippen LogP contribution in [0.5, 0.6) is 0 Å². The summed E-state index contributed by atoms with van der Waals surface area (Å²) in [5, 5.41) is 2.12. The zero-order chi connectivity index (χ0) is 15.0. The third-order valence-electron chi connectivity index (χ3n) is 4.66. The average molecular weight is 314 g/mol. The van der Waals surface area contributed by atoms with E-state index >= 15 is 0 Å². The van der Waals surface area contributed by atoms with Crippen molar-refractivity contribution in [3.05, 3.63) is 41.1 Å². The number of likely N-dealkylation sites (tertiary alicyclic amines) is 1. The summed E-state index contributed by atoms with van der Waals surface area (Å²) >= 11 is 1.80. The number of carbonyl (C=O) groups is 1. The number of aromatic nitrogens is 2. The van der Waals surface area contributed by atoms with Crippen molar-refractivity contribution in [1.82, 2.24) is 14.9 Å². The second-order valence-electron chi connectivity index (χ2n) is 6.29. The molecule has 22 heavy (non-hydrogen) atoms. The number of nitrogens with zero attached hydrogens (tertiary/aromatic N) is 4. The van der Waals surface area contributed by atoms with E-state index in [1.807, 2.05) is 4.90 Å². The molecule has 2 aromatic rings. The topological polar surface area (TPSA) is 49.3 Å². The van der Waals surface area contributed by atoms with Crippen molar-refractivity contribution in [1.29, 1.82) is 0 Å². The molecule has 2 aromatic heterocycles. The van der Waals surface area contributed by atoms with Crippen LogP contribution in [0.2, 0.25) is 0 Å². The number of hydrogen-bond donors (Lipinski definition) is 0. The number of thiophene rings is 1. The molecule has 114 valence electrons. The van der Waals surface area contributed by atoms with Gasteiger partial charge in [0, 0.05) is 36.3 Å². The number of carbonyl (C=O) groups excluding carboxylic acids is 1. The highest BCUT2D eigenvalue weighted by Crippen LogP contribution is 2.42. The summed E-state index contributed by atoms with van der Waals surface area (Å²) in [5.41, 5.74) is 0.922. The van der Waals surface area contributed by atoms with Gasteiger partial charge in [-0.2, -0.15) is 0 Å². The average Bonchev–Trinajstić information content (AvgIpc) is 3.23. The molecular weight excluding hydrogens is 296 g/mol. The van der Waals surface area contributed by atoms with Gasteiger partial charge in [0.1, 0.15) is 6.33 Å². The van der Waals surface area contributed by atoms with Gasteiger partial charge in [0.05, 0.1) is 18.1 Å². The minimum Gasteiger partial charge on any atom is -0.309 e. The van der Waals surface area contributed by atoms with E-state index in [0.717, 1.165) is 38.3 Å². The number of anilines is 1. The fourth-order valence-electron chi connectivity index (χ4n) is 3.62. The highest BCUT2D eigenvalue weighted by Gasteiger charge is 2.47. The Balaban J connectivity index is 1.46. The van der Waals surface area contributed by atoms with Crippen LogP contribution in [-0.4, -0.2) is 40.4 Å². The minimum absolute atomic E-state index is 0.101. The van der Waals surface area contributed by atoms with Crippen LogP contribution in [0, 0.1) is 5.41 Å². The van der Waals surface area contributed by atoms with Gasteiger partial charge in [0.15, 0.2) is 0 Å². The monoisotopic (exact) mass is 314 g/mol. The van der Waals surface area contributed by atoms with Gasteiger partial charge in [-0.25, -0.2) is 9.97 Å². The molecule has 0 saturated carbocycles. The molecular formula is C16H18N4OS. The summed E-state index contributed by atoms with van der Waals surface area (Å²) in [5.74, 6) is 0.202. The van der Waals surface area contributed by atoms with Crippen molar-refractivity contribution in [3.8, 4) is 0 Å². The normalized spacial score (nSPS) is 25.5. The fraction of sp³-hybridized carbons (Fsp3) is 0.438. The molecule has 0 N–H and O–H groups in total. The Labute approximate surface area is 133 Å². The molecule has 0 bridgehead atoms. The molecule has 0 aliphatic carbocycles. The van der Waals surface area contributed by atoms with E-state index in [2.05, 4.69) is 32.4 Å². The summed E-state index contributed by atoms with van der Waals surface area (Å²) in [4.78, 5) is 26.2. The predicted molar refractivity (Wildman–Crippen MR) is 85.6 cm³/mol. The highest BCUT2D eigenvalue weighted by molar-refractivity contribution is 7.09. The van der Waals surface area contributed by atoms with Crippen molar-refractivity contribution >= 4 is 22.9 Å². The number of amides is 1. The van der Waals surface area contributed by atoms with Crippen LogP contribution >= 0.6 is 11.3 Å². The summed E-state index contributed by atoms with van der Waals surface area (Å²) in [6.45, 7) is 3.87. The molecule has 1 spiro atoms. The zero-order valence-corrected chi connectivity index (χ0v) is 13.1. The summed E-state index contributed by atoms with van der Waals surface area (Å²) in [7, 11) is 0. The van der Waals surface area contributed by atoms with E-state index in [1.165, 1.54) is 11.2 Å². The maximum atomic E-state index is 12.4. The Kier molecular flexibility index (Phi) is 3.43. The second-order valence-corrected chi connectivity index (χ2v) is 7.33.